The molecule has 174 valence electrons. The number of pyridine rings is 1. The number of hydrogen-bond acceptors (Lipinski definition) is 5. The normalized spacial score (nSPS) is 10.0. The molecule has 1 amide bonds. The lowest BCUT2D eigenvalue weighted by Crippen LogP contribution is -2.17. The summed E-state index contributed by atoms with van der Waals surface area (Å²) >= 11 is 0. The summed E-state index contributed by atoms with van der Waals surface area (Å²) in [5.41, 5.74) is 1.97. The molecule has 1 aromatic carbocycles. The zero-order valence-electron chi connectivity index (χ0n) is 19.2. The number of anilines is 1. The maximum Gasteiger partial charge on any atom is 0.573 e. The quantitative estimate of drug-likeness (QED) is 0.560. The van der Waals surface area contributed by atoms with Crippen molar-refractivity contribution in [1.82, 2.24) is 4.98 Å². The minimum atomic E-state index is -4.80. The Bertz CT molecular complexity index is 840. The summed E-state index contributed by atoms with van der Waals surface area (Å²) in [6, 6.07) is 5.39. The van der Waals surface area contributed by atoms with E-state index in [1.807, 2.05) is 27.7 Å². The van der Waals surface area contributed by atoms with Crippen molar-refractivity contribution in [2.24, 2.45) is 0 Å². The molecular formula is C22H31F3N2O4. The Hall–Kier alpha value is -2.97. The van der Waals surface area contributed by atoms with Crippen molar-refractivity contribution in [1.29, 1.82) is 0 Å². The van der Waals surface area contributed by atoms with Crippen molar-refractivity contribution in [3.63, 3.8) is 0 Å². The number of alkyl halides is 3. The minimum Gasteiger partial charge on any atom is -0.496 e. The van der Waals surface area contributed by atoms with E-state index in [0.717, 1.165) is 6.07 Å². The molecule has 2 aromatic rings. The predicted molar refractivity (Wildman–Crippen MR) is 116 cm³/mol. The highest BCUT2D eigenvalue weighted by atomic mass is 19.4. The van der Waals surface area contributed by atoms with Crippen molar-refractivity contribution in [3.05, 3.63) is 29.8 Å². The monoisotopic (exact) mass is 444 g/mol. The predicted octanol–water partition coefficient (Wildman–Crippen LogP) is 6.37. The maximum absolute atomic E-state index is 12.4. The fourth-order valence-corrected chi connectivity index (χ4v) is 2.42. The molecule has 0 radical (unpaired) electrons. The highest BCUT2D eigenvalue weighted by Gasteiger charge is 2.31. The van der Waals surface area contributed by atoms with Crippen molar-refractivity contribution in [3.8, 4) is 28.6 Å². The Kier molecular flexibility index (Phi) is 12.1. The Morgan fingerprint density at radius 1 is 1.06 bits per heavy atom. The third kappa shape index (κ3) is 8.35. The SMILES string of the molecule is CC.CC.CCC(=O)Nc1cc(C)c(-c2ccc(OC(F)(F)F)cc2OC)nc1OC. The van der Waals surface area contributed by atoms with Crippen LogP contribution in [0, 0.1) is 6.92 Å². The van der Waals surface area contributed by atoms with E-state index < -0.39 is 12.1 Å². The maximum atomic E-state index is 12.4. The highest BCUT2D eigenvalue weighted by Crippen LogP contribution is 2.38. The summed E-state index contributed by atoms with van der Waals surface area (Å²) < 4.78 is 51.6. The van der Waals surface area contributed by atoms with Crippen LogP contribution in [0.25, 0.3) is 11.3 Å². The molecular weight excluding hydrogens is 413 g/mol. The van der Waals surface area contributed by atoms with Crippen LogP contribution in [0.3, 0.4) is 0 Å². The van der Waals surface area contributed by atoms with Crippen LogP contribution in [0.1, 0.15) is 46.6 Å². The molecule has 1 N–H and O–H groups in total. The van der Waals surface area contributed by atoms with Gasteiger partial charge in [0.05, 0.1) is 19.9 Å². The van der Waals surface area contributed by atoms with Gasteiger partial charge in [-0.1, -0.05) is 34.6 Å². The second-order valence-electron chi connectivity index (χ2n) is 5.52. The first-order valence-electron chi connectivity index (χ1n) is 9.98. The molecule has 31 heavy (non-hydrogen) atoms. The molecule has 9 heteroatoms. The lowest BCUT2D eigenvalue weighted by atomic mass is 10.0. The van der Waals surface area contributed by atoms with Gasteiger partial charge in [-0.25, -0.2) is 4.98 Å². The molecule has 1 heterocycles. The number of rotatable bonds is 6. The Morgan fingerprint density at radius 3 is 2.16 bits per heavy atom. The second kappa shape index (κ2) is 13.4. The Labute approximate surface area is 181 Å². The lowest BCUT2D eigenvalue weighted by Gasteiger charge is -2.16. The summed E-state index contributed by atoms with van der Waals surface area (Å²) in [4.78, 5) is 16.0. The van der Waals surface area contributed by atoms with Gasteiger partial charge in [0, 0.05) is 18.1 Å². The van der Waals surface area contributed by atoms with Gasteiger partial charge in [-0.2, -0.15) is 0 Å². The lowest BCUT2D eigenvalue weighted by molar-refractivity contribution is -0.274. The molecule has 0 saturated heterocycles. The smallest absolute Gasteiger partial charge is 0.496 e. The van der Waals surface area contributed by atoms with Gasteiger partial charge >= 0.3 is 6.36 Å². The van der Waals surface area contributed by atoms with Crippen LogP contribution in [0.5, 0.6) is 17.4 Å². The largest absolute Gasteiger partial charge is 0.573 e. The van der Waals surface area contributed by atoms with E-state index in [9.17, 15) is 18.0 Å². The molecule has 1 aromatic heterocycles. The molecule has 0 saturated carbocycles. The summed E-state index contributed by atoms with van der Waals surface area (Å²) in [5, 5.41) is 2.69. The van der Waals surface area contributed by atoms with E-state index in [4.69, 9.17) is 9.47 Å². The number of benzene rings is 1. The van der Waals surface area contributed by atoms with Crippen molar-refractivity contribution in [2.75, 3.05) is 19.5 Å². The van der Waals surface area contributed by atoms with Gasteiger partial charge in [-0.3, -0.25) is 4.79 Å². The number of ether oxygens (including phenoxy) is 3. The van der Waals surface area contributed by atoms with Crippen LogP contribution in [-0.2, 0) is 4.79 Å². The average molecular weight is 444 g/mol. The topological polar surface area (TPSA) is 69.7 Å². The van der Waals surface area contributed by atoms with Crippen molar-refractivity contribution >= 4 is 11.6 Å². The molecule has 0 bridgehead atoms. The van der Waals surface area contributed by atoms with Crippen LogP contribution in [0.2, 0.25) is 0 Å². The van der Waals surface area contributed by atoms with Crippen LogP contribution in [0.15, 0.2) is 24.3 Å². The van der Waals surface area contributed by atoms with Gasteiger partial charge in [0.15, 0.2) is 0 Å². The second-order valence-corrected chi connectivity index (χ2v) is 5.52. The fourth-order valence-electron chi connectivity index (χ4n) is 2.42. The zero-order valence-corrected chi connectivity index (χ0v) is 19.2. The highest BCUT2D eigenvalue weighted by molar-refractivity contribution is 5.92. The van der Waals surface area contributed by atoms with Crippen molar-refractivity contribution < 1.29 is 32.2 Å². The van der Waals surface area contributed by atoms with Gasteiger partial charge < -0.3 is 19.5 Å². The van der Waals surface area contributed by atoms with E-state index in [1.54, 1.807) is 19.9 Å². The van der Waals surface area contributed by atoms with Crippen LogP contribution < -0.4 is 19.5 Å². The molecule has 0 atom stereocenters. The number of nitrogens with zero attached hydrogens (tertiary/aromatic N) is 1. The molecule has 0 unspecified atom stereocenters. The number of nitrogens with one attached hydrogen (secondary N) is 1. The molecule has 0 aliphatic rings. The number of hydrogen-bond donors (Lipinski definition) is 1. The van der Waals surface area contributed by atoms with Gasteiger partial charge in [0.1, 0.15) is 17.2 Å². The van der Waals surface area contributed by atoms with Gasteiger partial charge in [0.2, 0.25) is 11.8 Å². The zero-order chi connectivity index (χ0) is 24.2. The number of carbonyl (C=O) groups excluding carboxylic acids is 1. The first-order chi connectivity index (χ1) is 14.7. The van der Waals surface area contributed by atoms with Gasteiger partial charge in [-0.05, 0) is 30.7 Å². The minimum absolute atomic E-state index is 0.153. The van der Waals surface area contributed by atoms with E-state index in [-0.39, 0.29) is 17.5 Å². The first-order valence-corrected chi connectivity index (χ1v) is 9.98. The van der Waals surface area contributed by atoms with E-state index in [2.05, 4.69) is 15.0 Å². The summed E-state index contributed by atoms with van der Waals surface area (Å²) in [7, 11) is 2.74. The summed E-state index contributed by atoms with van der Waals surface area (Å²) in [6.07, 6.45) is -4.51. The molecule has 0 spiro atoms. The standard InChI is InChI=1S/C18H19F3N2O4.2C2H6/c1-5-15(24)22-13-8-10(2)16(23-17(13)26-4)12-7-6-11(9-14(12)25-3)27-18(19,20)21;2*1-2/h6-9H,5H2,1-4H3,(H,22,24);2*1-2H3. The molecule has 2 rings (SSSR count). The number of aromatic nitrogens is 1. The van der Waals surface area contributed by atoms with E-state index in [1.165, 1.54) is 26.4 Å². The average Bonchev–Trinajstić information content (AvgIpc) is 2.75. The number of aryl methyl sites for hydroxylation is 1. The third-order valence-electron chi connectivity index (χ3n) is 3.63. The Morgan fingerprint density at radius 2 is 1.68 bits per heavy atom. The number of methoxy groups -OCH3 is 2. The summed E-state index contributed by atoms with van der Waals surface area (Å²) in [5.74, 6) is -0.275. The fraction of sp³-hybridized carbons (Fsp3) is 0.455. The van der Waals surface area contributed by atoms with E-state index >= 15 is 0 Å². The third-order valence-corrected chi connectivity index (χ3v) is 3.63. The van der Waals surface area contributed by atoms with Crippen LogP contribution >= 0.6 is 0 Å². The van der Waals surface area contributed by atoms with Crippen LogP contribution in [0.4, 0.5) is 18.9 Å². The number of halogens is 3. The van der Waals surface area contributed by atoms with Gasteiger partial charge in [-0.15, -0.1) is 13.2 Å². The molecule has 0 aliphatic heterocycles. The Balaban J connectivity index is 0.00000212. The van der Waals surface area contributed by atoms with E-state index in [0.29, 0.717) is 28.9 Å². The van der Waals surface area contributed by atoms with Crippen LogP contribution in [-0.4, -0.2) is 31.5 Å². The number of amides is 1. The number of carbonyl (C=O) groups is 1. The molecule has 0 fully saturated rings. The van der Waals surface area contributed by atoms with Crippen molar-refractivity contribution in [2.45, 2.75) is 54.3 Å². The summed E-state index contributed by atoms with van der Waals surface area (Å²) in [6.45, 7) is 11.5. The molecule has 6 nitrogen and oxygen atoms in total. The first kappa shape index (κ1) is 28.0. The van der Waals surface area contributed by atoms with Gasteiger partial charge in [0.25, 0.3) is 0 Å². The molecule has 0 aliphatic carbocycles.